The van der Waals surface area contributed by atoms with Crippen molar-refractivity contribution in [2.45, 2.75) is 33.3 Å². The van der Waals surface area contributed by atoms with Gasteiger partial charge in [-0.05, 0) is 75.6 Å². The van der Waals surface area contributed by atoms with Crippen LogP contribution in [0.5, 0.6) is 5.75 Å². The highest BCUT2D eigenvalue weighted by Crippen LogP contribution is 2.30. The van der Waals surface area contributed by atoms with E-state index < -0.39 is 0 Å². The third-order valence-corrected chi connectivity index (χ3v) is 5.07. The molecule has 3 rings (SSSR count). The molecule has 0 aliphatic heterocycles. The zero-order chi connectivity index (χ0) is 17.6. The van der Waals surface area contributed by atoms with Crippen molar-refractivity contribution < 1.29 is 4.74 Å². The van der Waals surface area contributed by atoms with E-state index in [2.05, 4.69) is 78.3 Å². The van der Waals surface area contributed by atoms with E-state index in [4.69, 9.17) is 4.74 Å². The molecule has 0 unspecified atom stereocenters. The SMILES string of the molecule is CCc1ccc(Cc2cc(Br)c(OCc3ccccc3)cc2C)cc1. The molecule has 0 fully saturated rings. The summed E-state index contributed by atoms with van der Waals surface area (Å²) in [5, 5.41) is 0. The zero-order valence-corrected chi connectivity index (χ0v) is 16.3. The van der Waals surface area contributed by atoms with Crippen LogP contribution in [-0.4, -0.2) is 0 Å². The highest BCUT2D eigenvalue weighted by molar-refractivity contribution is 9.10. The third kappa shape index (κ3) is 4.73. The van der Waals surface area contributed by atoms with Crippen molar-refractivity contribution in [3.63, 3.8) is 0 Å². The summed E-state index contributed by atoms with van der Waals surface area (Å²) in [6.07, 6.45) is 2.02. The molecule has 0 saturated heterocycles. The van der Waals surface area contributed by atoms with Gasteiger partial charge in [0.2, 0.25) is 0 Å². The number of hydrogen-bond donors (Lipinski definition) is 0. The molecule has 0 amide bonds. The second-order valence-corrected chi connectivity index (χ2v) is 7.18. The average molecular weight is 395 g/mol. The molecule has 0 bridgehead atoms. The maximum absolute atomic E-state index is 5.99. The van der Waals surface area contributed by atoms with E-state index in [-0.39, 0.29) is 0 Å². The van der Waals surface area contributed by atoms with E-state index in [1.165, 1.54) is 27.8 Å². The Hall–Kier alpha value is -2.06. The molecule has 0 atom stereocenters. The molecule has 0 N–H and O–H groups in total. The number of aryl methyl sites for hydroxylation is 2. The summed E-state index contributed by atoms with van der Waals surface area (Å²) in [5.74, 6) is 0.895. The van der Waals surface area contributed by atoms with Gasteiger partial charge in [0.1, 0.15) is 12.4 Å². The van der Waals surface area contributed by atoms with Gasteiger partial charge in [-0.2, -0.15) is 0 Å². The molecule has 25 heavy (non-hydrogen) atoms. The minimum Gasteiger partial charge on any atom is -0.488 e. The van der Waals surface area contributed by atoms with Crippen molar-refractivity contribution in [2.75, 3.05) is 0 Å². The molecule has 0 spiro atoms. The van der Waals surface area contributed by atoms with Crippen LogP contribution >= 0.6 is 15.9 Å². The van der Waals surface area contributed by atoms with E-state index in [0.717, 1.165) is 23.1 Å². The molecule has 0 radical (unpaired) electrons. The van der Waals surface area contributed by atoms with Gasteiger partial charge in [0.15, 0.2) is 0 Å². The Morgan fingerprint density at radius 2 is 1.52 bits per heavy atom. The molecule has 2 heteroatoms. The predicted molar refractivity (Wildman–Crippen MR) is 108 cm³/mol. The lowest BCUT2D eigenvalue weighted by Crippen LogP contribution is -1.99. The van der Waals surface area contributed by atoms with Crippen molar-refractivity contribution >= 4 is 15.9 Å². The van der Waals surface area contributed by atoms with E-state index in [0.29, 0.717) is 6.61 Å². The zero-order valence-electron chi connectivity index (χ0n) is 14.8. The van der Waals surface area contributed by atoms with Crippen LogP contribution in [0.3, 0.4) is 0 Å². The van der Waals surface area contributed by atoms with Gasteiger partial charge >= 0.3 is 0 Å². The maximum atomic E-state index is 5.99. The number of hydrogen-bond acceptors (Lipinski definition) is 1. The van der Waals surface area contributed by atoms with Gasteiger partial charge < -0.3 is 4.74 Å². The van der Waals surface area contributed by atoms with E-state index in [1.807, 2.05) is 18.2 Å². The van der Waals surface area contributed by atoms with Gasteiger partial charge in [-0.1, -0.05) is 61.5 Å². The lowest BCUT2D eigenvalue weighted by molar-refractivity contribution is 0.304. The summed E-state index contributed by atoms with van der Waals surface area (Å²) >= 11 is 3.67. The number of benzene rings is 3. The molecule has 3 aromatic rings. The first-order chi connectivity index (χ1) is 12.2. The van der Waals surface area contributed by atoms with Crippen LogP contribution in [0.15, 0.2) is 71.2 Å². The summed E-state index contributed by atoms with van der Waals surface area (Å²) in [6.45, 7) is 4.92. The van der Waals surface area contributed by atoms with E-state index >= 15 is 0 Å². The van der Waals surface area contributed by atoms with Crippen molar-refractivity contribution in [1.29, 1.82) is 0 Å². The molecule has 1 nitrogen and oxygen atoms in total. The fourth-order valence-electron chi connectivity index (χ4n) is 2.85. The first-order valence-electron chi connectivity index (χ1n) is 8.69. The Morgan fingerprint density at radius 3 is 2.20 bits per heavy atom. The maximum Gasteiger partial charge on any atom is 0.134 e. The quantitative estimate of drug-likeness (QED) is 0.464. The minimum atomic E-state index is 0.580. The third-order valence-electron chi connectivity index (χ3n) is 4.45. The van der Waals surface area contributed by atoms with Crippen LogP contribution in [0.1, 0.15) is 34.7 Å². The standard InChI is InChI=1S/C23H23BrO/c1-3-18-9-11-19(12-10-18)14-21-15-22(24)23(13-17(21)2)25-16-20-7-5-4-6-8-20/h4-13,15H,3,14,16H2,1-2H3. The van der Waals surface area contributed by atoms with Gasteiger partial charge in [0.05, 0.1) is 4.47 Å². The monoisotopic (exact) mass is 394 g/mol. The van der Waals surface area contributed by atoms with Crippen LogP contribution in [0.25, 0.3) is 0 Å². The largest absolute Gasteiger partial charge is 0.488 e. The molecule has 0 saturated carbocycles. The van der Waals surface area contributed by atoms with E-state index in [9.17, 15) is 0 Å². The van der Waals surface area contributed by atoms with Crippen LogP contribution in [0.4, 0.5) is 0 Å². The Bertz CT molecular complexity index is 823. The van der Waals surface area contributed by atoms with Gasteiger partial charge in [0, 0.05) is 0 Å². The Kier molecular flexibility index (Phi) is 5.93. The molecule has 128 valence electrons. The lowest BCUT2D eigenvalue weighted by atomic mass is 9.99. The molecule has 0 heterocycles. The summed E-state index contributed by atoms with van der Waals surface area (Å²) in [5.41, 5.74) is 6.47. The van der Waals surface area contributed by atoms with E-state index in [1.54, 1.807) is 0 Å². The minimum absolute atomic E-state index is 0.580. The smallest absolute Gasteiger partial charge is 0.134 e. The molecule has 0 aliphatic carbocycles. The van der Waals surface area contributed by atoms with Crippen molar-refractivity contribution in [3.8, 4) is 5.75 Å². The van der Waals surface area contributed by atoms with Crippen LogP contribution in [0.2, 0.25) is 0 Å². The fraction of sp³-hybridized carbons (Fsp3) is 0.217. The molecule has 0 aliphatic rings. The van der Waals surface area contributed by atoms with Crippen molar-refractivity contribution in [1.82, 2.24) is 0 Å². The predicted octanol–water partition coefficient (Wildman–Crippen LogP) is 6.49. The number of rotatable bonds is 6. The molecular formula is C23H23BrO. The highest BCUT2D eigenvalue weighted by Gasteiger charge is 2.08. The second kappa shape index (κ2) is 8.35. The summed E-state index contributed by atoms with van der Waals surface area (Å²) in [6, 6.07) is 23.5. The van der Waals surface area contributed by atoms with Gasteiger partial charge in [-0.3, -0.25) is 0 Å². The van der Waals surface area contributed by atoms with Gasteiger partial charge in [-0.15, -0.1) is 0 Å². The van der Waals surface area contributed by atoms with Gasteiger partial charge in [-0.25, -0.2) is 0 Å². The van der Waals surface area contributed by atoms with Crippen molar-refractivity contribution in [2.24, 2.45) is 0 Å². The summed E-state index contributed by atoms with van der Waals surface area (Å²) in [7, 11) is 0. The molecule has 0 aromatic heterocycles. The average Bonchev–Trinajstić information content (AvgIpc) is 2.65. The first-order valence-corrected chi connectivity index (χ1v) is 9.48. The first kappa shape index (κ1) is 17.8. The summed E-state index contributed by atoms with van der Waals surface area (Å²) in [4.78, 5) is 0. The number of halogens is 1. The Morgan fingerprint density at radius 1 is 0.840 bits per heavy atom. The lowest BCUT2D eigenvalue weighted by Gasteiger charge is -2.13. The normalized spacial score (nSPS) is 10.7. The fourth-order valence-corrected chi connectivity index (χ4v) is 3.35. The van der Waals surface area contributed by atoms with Crippen molar-refractivity contribution in [3.05, 3.63) is 99.0 Å². The number of ether oxygens (including phenoxy) is 1. The highest BCUT2D eigenvalue weighted by atomic mass is 79.9. The van der Waals surface area contributed by atoms with Crippen LogP contribution in [-0.2, 0) is 19.4 Å². The van der Waals surface area contributed by atoms with Crippen LogP contribution < -0.4 is 4.74 Å². The second-order valence-electron chi connectivity index (χ2n) is 6.33. The van der Waals surface area contributed by atoms with Gasteiger partial charge in [0.25, 0.3) is 0 Å². The Labute approximate surface area is 158 Å². The molecular weight excluding hydrogens is 372 g/mol. The Balaban J connectivity index is 1.72. The molecule has 3 aromatic carbocycles. The topological polar surface area (TPSA) is 9.23 Å². The summed E-state index contributed by atoms with van der Waals surface area (Å²) < 4.78 is 7.00. The van der Waals surface area contributed by atoms with Crippen LogP contribution in [0, 0.1) is 6.92 Å².